The predicted octanol–water partition coefficient (Wildman–Crippen LogP) is 2.30. The molecule has 0 amide bonds. The molecule has 6 heteroatoms. The zero-order valence-electron chi connectivity index (χ0n) is 9.82. The second-order valence-corrected chi connectivity index (χ2v) is 6.89. The molecule has 1 heterocycles. The van der Waals surface area contributed by atoms with Crippen LogP contribution in [-0.2, 0) is 10.8 Å². The van der Waals surface area contributed by atoms with Gasteiger partial charge in [-0.25, -0.2) is 0 Å². The first-order valence-electron chi connectivity index (χ1n) is 5.77. The third kappa shape index (κ3) is 3.43. The minimum absolute atomic E-state index is 0.314. The molecule has 1 aliphatic rings. The number of hydrogen-bond donors (Lipinski definition) is 2. The fourth-order valence-electron chi connectivity index (χ4n) is 2.01. The van der Waals surface area contributed by atoms with Gasteiger partial charge in [0.2, 0.25) is 0 Å². The highest BCUT2D eigenvalue weighted by Crippen LogP contribution is 2.24. The van der Waals surface area contributed by atoms with E-state index in [-0.39, 0.29) is 0 Å². The number of nitrogens with one attached hydrogen (secondary N) is 1. The quantitative estimate of drug-likeness (QED) is 0.841. The number of rotatable bonds is 3. The Labute approximate surface area is 120 Å². The maximum atomic E-state index is 11.3. The monoisotopic (exact) mass is 302 g/mol. The third-order valence-electron chi connectivity index (χ3n) is 2.99. The van der Waals surface area contributed by atoms with Gasteiger partial charge in [0.05, 0.1) is 0 Å². The molecule has 0 bridgehead atoms. The molecule has 1 aromatic rings. The van der Waals surface area contributed by atoms with E-state index in [1.54, 1.807) is 6.07 Å². The summed E-state index contributed by atoms with van der Waals surface area (Å²) in [7, 11) is -0.654. The lowest BCUT2D eigenvalue weighted by atomic mass is 10.1. The molecule has 1 aromatic carbocycles. The average molecular weight is 303 g/mol. The Hall–Kier alpha value is -0.650. The molecule has 3 N–H and O–H groups in total. The van der Waals surface area contributed by atoms with Crippen molar-refractivity contribution in [1.82, 2.24) is 0 Å². The Morgan fingerprint density at radius 1 is 1.44 bits per heavy atom. The smallest absolute Gasteiger partial charge is 0.106 e. The van der Waals surface area contributed by atoms with Crippen LogP contribution in [0.5, 0.6) is 0 Å². The van der Waals surface area contributed by atoms with E-state index in [0.717, 1.165) is 35.6 Å². The van der Waals surface area contributed by atoms with Crippen molar-refractivity contribution < 1.29 is 4.21 Å². The van der Waals surface area contributed by atoms with Crippen molar-refractivity contribution >= 4 is 45.3 Å². The van der Waals surface area contributed by atoms with Crippen LogP contribution in [0, 0.1) is 0 Å². The van der Waals surface area contributed by atoms with E-state index in [1.165, 1.54) is 0 Å². The lowest BCUT2D eigenvalue weighted by molar-refractivity contribution is 0.624. The Morgan fingerprint density at radius 3 is 2.72 bits per heavy atom. The number of halogens is 1. The molecule has 0 aromatic heterocycles. The molecule has 0 spiro atoms. The molecule has 0 saturated carbocycles. The summed E-state index contributed by atoms with van der Waals surface area (Å²) in [6.07, 6.45) is 1.80. The Kier molecular flexibility index (Phi) is 4.59. The fraction of sp³-hybridized carbons (Fsp3) is 0.417. The molecule has 1 saturated heterocycles. The Balaban J connectivity index is 2.15. The molecule has 0 radical (unpaired) electrons. The van der Waals surface area contributed by atoms with Gasteiger partial charge >= 0.3 is 0 Å². The van der Waals surface area contributed by atoms with Gasteiger partial charge in [-0.3, -0.25) is 4.21 Å². The van der Waals surface area contributed by atoms with E-state index in [9.17, 15) is 4.21 Å². The van der Waals surface area contributed by atoms with Gasteiger partial charge in [-0.2, -0.15) is 0 Å². The summed E-state index contributed by atoms with van der Waals surface area (Å²) in [4.78, 5) is 0.355. The van der Waals surface area contributed by atoms with Crippen LogP contribution in [0.25, 0.3) is 0 Å². The molecule has 3 nitrogen and oxygen atoms in total. The second-order valence-electron chi connectivity index (χ2n) is 4.32. The first-order chi connectivity index (χ1) is 8.56. The normalized spacial score (nSPS) is 23.6. The van der Waals surface area contributed by atoms with Gasteiger partial charge in [0, 0.05) is 44.6 Å². The summed E-state index contributed by atoms with van der Waals surface area (Å²) in [5, 5.41) is 4.06. The SMILES string of the molecule is NC(=S)c1ccc(Cl)cc1NC1CCS(=O)CC1. The number of anilines is 1. The lowest BCUT2D eigenvalue weighted by Gasteiger charge is -2.24. The highest BCUT2D eigenvalue weighted by atomic mass is 35.5. The topological polar surface area (TPSA) is 55.1 Å². The van der Waals surface area contributed by atoms with Crippen molar-refractivity contribution in [3.8, 4) is 0 Å². The summed E-state index contributed by atoms with van der Waals surface area (Å²) in [5.74, 6) is 1.50. The van der Waals surface area contributed by atoms with Crippen LogP contribution < -0.4 is 11.1 Å². The minimum atomic E-state index is -0.654. The summed E-state index contributed by atoms with van der Waals surface area (Å²) in [6.45, 7) is 0. The Bertz CT molecular complexity index is 483. The van der Waals surface area contributed by atoms with Crippen molar-refractivity contribution in [2.24, 2.45) is 5.73 Å². The van der Waals surface area contributed by atoms with E-state index < -0.39 is 10.8 Å². The molecular weight excluding hydrogens is 288 g/mol. The standard InChI is InChI=1S/C12H15ClN2OS2/c13-8-1-2-10(12(14)17)11(7-8)15-9-3-5-18(16)6-4-9/h1-2,7,9,15H,3-6H2,(H2,14,17). The maximum Gasteiger partial charge on any atom is 0.106 e. The van der Waals surface area contributed by atoms with E-state index in [1.807, 2.05) is 12.1 Å². The lowest BCUT2D eigenvalue weighted by Crippen LogP contribution is -2.30. The van der Waals surface area contributed by atoms with Crippen LogP contribution in [0.2, 0.25) is 5.02 Å². The van der Waals surface area contributed by atoms with Crippen LogP contribution in [0.15, 0.2) is 18.2 Å². The van der Waals surface area contributed by atoms with Crippen LogP contribution in [0.1, 0.15) is 18.4 Å². The maximum absolute atomic E-state index is 11.3. The van der Waals surface area contributed by atoms with Crippen molar-refractivity contribution in [1.29, 1.82) is 0 Å². The second kappa shape index (κ2) is 5.99. The average Bonchev–Trinajstić information content (AvgIpc) is 2.32. The van der Waals surface area contributed by atoms with Gasteiger partial charge in [0.1, 0.15) is 4.99 Å². The summed E-state index contributed by atoms with van der Waals surface area (Å²) in [6, 6.07) is 5.75. The zero-order chi connectivity index (χ0) is 13.1. The first kappa shape index (κ1) is 13.8. The molecule has 1 aliphatic heterocycles. The van der Waals surface area contributed by atoms with Crippen LogP contribution in [0.4, 0.5) is 5.69 Å². The van der Waals surface area contributed by atoms with Gasteiger partial charge in [-0.1, -0.05) is 23.8 Å². The highest BCUT2D eigenvalue weighted by Gasteiger charge is 2.19. The molecule has 0 unspecified atom stereocenters. The van der Waals surface area contributed by atoms with Crippen LogP contribution in [0.3, 0.4) is 0 Å². The molecular formula is C12H15ClN2OS2. The zero-order valence-corrected chi connectivity index (χ0v) is 12.2. The molecule has 0 atom stereocenters. The third-order valence-corrected chi connectivity index (χ3v) is 4.83. The van der Waals surface area contributed by atoms with Crippen molar-refractivity contribution in [3.05, 3.63) is 28.8 Å². The predicted molar refractivity (Wildman–Crippen MR) is 81.9 cm³/mol. The van der Waals surface area contributed by atoms with E-state index in [2.05, 4.69) is 5.32 Å². The summed E-state index contributed by atoms with van der Waals surface area (Å²) < 4.78 is 11.3. The summed E-state index contributed by atoms with van der Waals surface area (Å²) >= 11 is 11.0. The fourth-order valence-corrected chi connectivity index (χ4v) is 3.66. The highest BCUT2D eigenvalue weighted by molar-refractivity contribution is 7.85. The van der Waals surface area contributed by atoms with Crippen LogP contribution >= 0.6 is 23.8 Å². The van der Waals surface area contributed by atoms with E-state index in [4.69, 9.17) is 29.6 Å². The molecule has 1 fully saturated rings. The van der Waals surface area contributed by atoms with Gasteiger partial charge < -0.3 is 11.1 Å². The van der Waals surface area contributed by atoms with E-state index in [0.29, 0.717) is 16.1 Å². The molecule has 98 valence electrons. The number of benzene rings is 1. The minimum Gasteiger partial charge on any atom is -0.389 e. The summed E-state index contributed by atoms with van der Waals surface area (Å²) in [5.41, 5.74) is 7.37. The molecule has 0 aliphatic carbocycles. The van der Waals surface area contributed by atoms with Crippen molar-refractivity contribution in [3.63, 3.8) is 0 Å². The van der Waals surface area contributed by atoms with E-state index >= 15 is 0 Å². The first-order valence-corrected chi connectivity index (χ1v) is 8.04. The largest absolute Gasteiger partial charge is 0.389 e. The van der Waals surface area contributed by atoms with Gasteiger partial charge in [0.15, 0.2) is 0 Å². The molecule has 2 rings (SSSR count). The Morgan fingerprint density at radius 2 is 2.11 bits per heavy atom. The number of nitrogens with two attached hydrogens (primary N) is 1. The number of hydrogen-bond acceptors (Lipinski definition) is 3. The number of thiocarbonyl (C=S) groups is 1. The van der Waals surface area contributed by atoms with Crippen LogP contribution in [-0.4, -0.2) is 26.7 Å². The van der Waals surface area contributed by atoms with Gasteiger partial charge in [0.25, 0.3) is 0 Å². The van der Waals surface area contributed by atoms with Gasteiger partial charge in [-0.05, 0) is 31.0 Å². The van der Waals surface area contributed by atoms with Gasteiger partial charge in [-0.15, -0.1) is 0 Å². The van der Waals surface area contributed by atoms with Crippen molar-refractivity contribution in [2.75, 3.05) is 16.8 Å². The van der Waals surface area contributed by atoms with Crippen molar-refractivity contribution in [2.45, 2.75) is 18.9 Å². The molecule has 18 heavy (non-hydrogen) atoms.